The Balaban J connectivity index is 1.46. The second-order valence-corrected chi connectivity index (χ2v) is 7.36. The van der Waals surface area contributed by atoms with Gasteiger partial charge in [-0.1, -0.05) is 36.7 Å². The number of para-hydroxylation sites is 1. The number of hydrogen-bond acceptors (Lipinski definition) is 5. The smallest absolute Gasteiger partial charge is 0.238 e. The van der Waals surface area contributed by atoms with Gasteiger partial charge in [-0.2, -0.15) is 0 Å². The first kappa shape index (κ1) is 19.6. The number of rotatable bonds is 6. The van der Waals surface area contributed by atoms with E-state index in [1.54, 1.807) is 12.1 Å². The van der Waals surface area contributed by atoms with Crippen molar-refractivity contribution >= 4 is 34.2 Å². The lowest BCUT2D eigenvalue weighted by atomic mass is 10.2. The van der Waals surface area contributed by atoms with Crippen molar-refractivity contribution in [2.45, 2.75) is 19.9 Å². The molecule has 29 heavy (non-hydrogen) atoms. The van der Waals surface area contributed by atoms with Crippen molar-refractivity contribution in [1.29, 1.82) is 0 Å². The molecule has 2 heterocycles. The van der Waals surface area contributed by atoms with Gasteiger partial charge in [-0.15, -0.1) is 0 Å². The summed E-state index contributed by atoms with van der Waals surface area (Å²) in [5.41, 5.74) is 1.35. The lowest BCUT2D eigenvalue weighted by Crippen LogP contribution is -2.35. The summed E-state index contributed by atoms with van der Waals surface area (Å²) in [6, 6.07) is 13.2. The number of likely N-dealkylation sites (N-methyl/N-ethyl adjacent to an activating group) is 1. The average molecular weight is 415 g/mol. The normalized spacial score (nSPS) is 14.2. The van der Waals surface area contributed by atoms with E-state index in [9.17, 15) is 4.79 Å². The van der Waals surface area contributed by atoms with Crippen LogP contribution in [-0.4, -0.2) is 37.1 Å². The number of carbonyl (C=O) groups is 1. The molecule has 1 aromatic heterocycles. The van der Waals surface area contributed by atoms with Crippen LogP contribution in [0.3, 0.4) is 0 Å². The molecule has 1 N–H and O–H groups in total. The fourth-order valence-electron chi connectivity index (χ4n) is 3.44. The molecule has 7 heteroatoms. The first-order chi connectivity index (χ1) is 14.0. The zero-order valence-corrected chi connectivity index (χ0v) is 17.2. The highest BCUT2D eigenvalue weighted by molar-refractivity contribution is 6.34. The highest BCUT2D eigenvalue weighted by atomic mass is 35.5. The molecular weight excluding hydrogens is 392 g/mol. The van der Waals surface area contributed by atoms with E-state index in [0.29, 0.717) is 42.0 Å². The Morgan fingerprint density at radius 2 is 1.90 bits per heavy atom. The molecule has 0 fully saturated rings. The van der Waals surface area contributed by atoms with Gasteiger partial charge in [0, 0.05) is 17.5 Å². The molecule has 4 rings (SSSR count). The molecule has 0 saturated carbocycles. The van der Waals surface area contributed by atoms with E-state index in [1.165, 1.54) is 0 Å². The molecule has 1 amide bonds. The number of anilines is 1. The lowest BCUT2D eigenvalue weighted by molar-refractivity contribution is -0.117. The van der Waals surface area contributed by atoms with E-state index >= 15 is 0 Å². The van der Waals surface area contributed by atoms with Crippen molar-refractivity contribution in [3.8, 4) is 11.5 Å². The summed E-state index contributed by atoms with van der Waals surface area (Å²) in [4.78, 5) is 14.7. The first-order valence-electron chi connectivity index (χ1n) is 9.66. The Bertz CT molecular complexity index is 1000. The average Bonchev–Trinajstić information content (AvgIpc) is 3.16. The van der Waals surface area contributed by atoms with Crippen LogP contribution in [0.15, 0.2) is 46.9 Å². The molecule has 152 valence electrons. The summed E-state index contributed by atoms with van der Waals surface area (Å²) in [5, 5.41) is 4.35. The molecule has 0 aliphatic carbocycles. The highest BCUT2D eigenvalue weighted by Gasteiger charge is 2.22. The minimum Gasteiger partial charge on any atom is -0.486 e. The SMILES string of the molecule is CCN(CC(=O)Nc1cc2c(cc1Cl)OCCO2)C(C)c1cc2ccccc2o1. The number of furan rings is 1. The van der Waals surface area contributed by atoms with Gasteiger partial charge in [0.05, 0.1) is 23.3 Å². The van der Waals surface area contributed by atoms with Gasteiger partial charge in [-0.05, 0) is 25.6 Å². The predicted molar refractivity (Wildman–Crippen MR) is 113 cm³/mol. The summed E-state index contributed by atoms with van der Waals surface area (Å²) in [7, 11) is 0. The first-order valence-corrected chi connectivity index (χ1v) is 10.0. The maximum atomic E-state index is 12.7. The fraction of sp³-hybridized carbons (Fsp3) is 0.318. The summed E-state index contributed by atoms with van der Waals surface area (Å²) in [6.07, 6.45) is 0. The maximum Gasteiger partial charge on any atom is 0.238 e. The van der Waals surface area contributed by atoms with Gasteiger partial charge in [0.25, 0.3) is 0 Å². The standard InChI is InChI=1S/C22H23ClN2O4/c1-3-25(14(2)19-10-15-6-4-5-7-18(15)29-19)13-22(26)24-17-12-21-20(11-16(17)23)27-8-9-28-21/h4-7,10-12,14H,3,8-9,13H2,1-2H3,(H,24,26). The summed E-state index contributed by atoms with van der Waals surface area (Å²) in [5.74, 6) is 1.85. The van der Waals surface area contributed by atoms with E-state index in [4.69, 9.17) is 25.5 Å². The number of halogens is 1. The van der Waals surface area contributed by atoms with Crippen LogP contribution < -0.4 is 14.8 Å². The van der Waals surface area contributed by atoms with Crippen LogP contribution in [0.1, 0.15) is 25.6 Å². The number of carbonyl (C=O) groups excluding carboxylic acids is 1. The van der Waals surface area contributed by atoms with E-state index in [0.717, 1.165) is 16.7 Å². The molecular formula is C22H23ClN2O4. The zero-order chi connectivity index (χ0) is 20.4. The van der Waals surface area contributed by atoms with Crippen molar-refractivity contribution in [2.75, 3.05) is 31.6 Å². The fourth-order valence-corrected chi connectivity index (χ4v) is 3.65. The van der Waals surface area contributed by atoms with Gasteiger partial charge >= 0.3 is 0 Å². The number of ether oxygens (including phenoxy) is 2. The molecule has 0 radical (unpaired) electrons. The van der Waals surface area contributed by atoms with E-state index in [1.807, 2.05) is 49.1 Å². The number of amides is 1. The van der Waals surface area contributed by atoms with Gasteiger partial charge in [0.15, 0.2) is 11.5 Å². The summed E-state index contributed by atoms with van der Waals surface area (Å²) < 4.78 is 17.0. The number of benzene rings is 2. The molecule has 0 saturated heterocycles. The Morgan fingerprint density at radius 3 is 2.62 bits per heavy atom. The lowest BCUT2D eigenvalue weighted by Gasteiger charge is -2.26. The summed E-state index contributed by atoms with van der Waals surface area (Å²) >= 11 is 6.30. The Hall–Kier alpha value is -2.70. The van der Waals surface area contributed by atoms with Crippen LogP contribution in [0, 0.1) is 0 Å². The van der Waals surface area contributed by atoms with Crippen LogP contribution in [-0.2, 0) is 4.79 Å². The quantitative estimate of drug-likeness (QED) is 0.622. The van der Waals surface area contributed by atoms with Crippen molar-refractivity contribution in [3.05, 3.63) is 53.2 Å². The molecule has 3 aromatic rings. The Kier molecular flexibility index (Phi) is 5.65. The second-order valence-electron chi connectivity index (χ2n) is 6.95. The Morgan fingerprint density at radius 1 is 1.17 bits per heavy atom. The van der Waals surface area contributed by atoms with Gasteiger partial charge in [0.1, 0.15) is 24.6 Å². The number of fused-ring (bicyclic) bond motifs is 2. The second kappa shape index (κ2) is 8.35. The zero-order valence-electron chi connectivity index (χ0n) is 16.4. The van der Waals surface area contributed by atoms with Crippen molar-refractivity contribution in [1.82, 2.24) is 4.90 Å². The minimum atomic E-state index is -0.159. The molecule has 0 bridgehead atoms. The van der Waals surface area contributed by atoms with Crippen LogP contribution in [0.25, 0.3) is 11.0 Å². The van der Waals surface area contributed by atoms with Crippen LogP contribution >= 0.6 is 11.6 Å². The monoisotopic (exact) mass is 414 g/mol. The third-order valence-electron chi connectivity index (χ3n) is 5.06. The van der Waals surface area contributed by atoms with E-state index in [2.05, 4.69) is 5.32 Å². The van der Waals surface area contributed by atoms with Gasteiger partial charge < -0.3 is 19.2 Å². The van der Waals surface area contributed by atoms with Gasteiger partial charge in [-0.25, -0.2) is 0 Å². The van der Waals surface area contributed by atoms with Crippen LogP contribution in [0.5, 0.6) is 11.5 Å². The predicted octanol–water partition coefficient (Wildman–Crippen LogP) is 4.88. The van der Waals surface area contributed by atoms with Crippen molar-refractivity contribution in [3.63, 3.8) is 0 Å². The van der Waals surface area contributed by atoms with Gasteiger partial charge in [-0.3, -0.25) is 9.69 Å². The van der Waals surface area contributed by atoms with Crippen LogP contribution in [0.2, 0.25) is 5.02 Å². The van der Waals surface area contributed by atoms with E-state index < -0.39 is 0 Å². The maximum absolute atomic E-state index is 12.7. The Labute approximate surface area is 174 Å². The molecule has 2 aromatic carbocycles. The third kappa shape index (κ3) is 4.18. The van der Waals surface area contributed by atoms with Gasteiger partial charge in [0.2, 0.25) is 5.91 Å². The highest BCUT2D eigenvalue weighted by Crippen LogP contribution is 2.38. The molecule has 6 nitrogen and oxygen atoms in total. The molecule has 1 aliphatic heterocycles. The topological polar surface area (TPSA) is 63.9 Å². The van der Waals surface area contributed by atoms with Crippen molar-refractivity contribution in [2.24, 2.45) is 0 Å². The largest absolute Gasteiger partial charge is 0.486 e. The molecule has 0 spiro atoms. The molecule has 1 unspecified atom stereocenters. The molecule has 1 aliphatic rings. The van der Waals surface area contributed by atoms with E-state index in [-0.39, 0.29) is 18.5 Å². The number of hydrogen-bond donors (Lipinski definition) is 1. The third-order valence-corrected chi connectivity index (χ3v) is 5.38. The number of nitrogens with one attached hydrogen (secondary N) is 1. The number of nitrogens with zero attached hydrogens (tertiary/aromatic N) is 1. The molecule has 1 atom stereocenters. The minimum absolute atomic E-state index is 0.0473. The summed E-state index contributed by atoms with van der Waals surface area (Å²) in [6.45, 7) is 5.91. The van der Waals surface area contributed by atoms with Crippen molar-refractivity contribution < 1.29 is 18.7 Å². The van der Waals surface area contributed by atoms with Crippen LogP contribution in [0.4, 0.5) is 5.69 Å².